The number of rotatable bonds is 3. The number of methoxy groups -OCH3 is 1. The zero-order chi connectivity index (χ0) is 13.8. The number of nitrogens with zero attached hydrogens (tertiary/aromatic N) is 1. The van der Waals surface area contributed by atoms with Crippen LogP contribution in [0.4, 0.5) is 5.69 Å². The van der Waals surface area contributed by atoms with Crippen LogP contribution >= 0.6 is 11.6 Å². The van der Waals surface area contributed by atoms with Crippen molar-refractivity contribution < 1.29 is 9.53 Å². The number of hydrogen-bond acceptors (Lipinski definition) is 3. The van der Waals surface area contributed by atoms with E-state index in [0.717, 1.165) is 31.5 Å². The fourth-order valence-corrected chi connectivity index (χ4v) is 2.54. The van der Waals surface area contributed by atoms with E-state index in [9.17, 15) is 4.79 Å². The van der Waals surface area contributed by atoms with Crippen molar-refractivity contribution in [2.75, 3.05) is 25.6 Å². The second-order valence-electron chi connectivity index (χ2n) is 4.72. The van der Waals surface area contributed by atoms with Gasteiger partial charge in [-0.05, 0) is 37.6 Å². The number of hydrogen-bond donors (Lipinski definition) is 1. The number of carbonyl (C=O) groups excluding carboxylic acids is 1. The highest BCUT2D eigenvalue weighted by atomic mass is 35.5. The Morgan fingerprint density at radius 2 is 2.26 bits per heavy atom. The highest BCUT2D eigenvalue weighted by Crippen LogP contribution is 2.29. The minimum atomic E-state index is -0.0837. The molecule has 1 atom stereocenters. The van der Waals surface area contributed by atoms with E-state index in [4.69, 9.17) is 16.3 Å². The quantitative estimate of drug-likeness (QED) is 0.926. The van der Waals surface area contributed by atoms with Gasteiger partial charge in [-0.15, -0.1) is 0 Å². The number of anilines is 1. The molecule has 0 saturated carbocycles. The van der Waals surface area contributed by atoms with E-state index in [1.165, 1.54) is 0 Å². The smallest absolute Gasteiger partial charge is 0.243 e. The van der Waals surface area contributed by atoms with E-state index in [-0.39, 0.29) is 11.9 Å². The summed E-state index contributed by atoms with van der Waals surface area (Å²) in [6.07, 6.45) is 3.13. The molecule has 1 unspecified atom stereocenters. The number of amides is 1. The lowest BCUT2D eigenvalue weighted by atomic mass is 10.0. The van der Waals surface area contributed by atoms with Crippen LogP contribution in [0, 0.1) is 0 Å². The Balaban J connectivity index is 2.11. The standard InChI is InChI=1S/C14H19ClN2O2/c1-17(14(18)12-5-3-4-8-16-12)10-6-7-13(19-2)11(15)9-10/h6-7,9,12,16H,3-5,8H2,1-2H3. The van der Waals surface area contributed by atoms with Crippen LogP contribution < -0.4 is 15.0 Å². The largest absolute Gasteiger partial charge is 0.495 e. The lowest BCUT2D eigenvalue weighted by Gasteiger charge is -2.27. The maximum absolute atomic E-state index is 12.4. The molecule has 4 nitrogen and oxygen atoms in total. The van der Waals surface area contributed by atoms with Crippen molar-refractivity contribution in [3.8, 4) is 5.75 Å². The number of halogens is 1. The summed E-state index contributed by atoms with van der Waals surface area (Å²) in [5, 5.41) is 3.77. The van der Waals surface area contributed by atoms with E-state index in [1.54, 1.807) is 31.2 Å². The minimum Gasteiger partial charge on any atom is -0.495 e. The molecule has 0 spiro atoms. The lowest BCUT2D eigenvalue weighted by Crippen LogP contribution is -2.47. The molecule has 1 aliphatic rings. The van der Waals surface area contributed by atoms with Gasteiger partial charge in [0.05, 0.1) is 18.2 Å². The van der Waals surface area contributed by atoms with Gasteiger partial charge >= 0.3 is 0 Å². The summed E-state index contributed by atoms with van der Waals surface area (Å²) in [7, 11) is 3.35. The molecule has 0 radical (unpaired) electrons. The van der Waals surface area contributed by atoms with Crippen LogP contribution in [-0.2, 0) is 4.79 Å². The van der Waals surface area contributed by atoms with E-state index in [2.05, 4.69) is 5.32 Å². The molecule has 19 heavy (non-hydrogen) atoms. The lowest BCUT2D eigenvalue weighted by molar-refractivity contribution is -0.120. The van der Waals surface area contributed by atoms with Crippen LogP contribution in [0.25, 0.3) is 0 Å². The number of ether oxygens (including phenoxy) is 1. The average molecular weight is 283 g/mol. The first-order valence-corrected chi connectivity index (χ1v) is 6.86. The Labute approximate surface area is 118 Å². The predicted octanol–water partition coefficient (Wildman–Crippen LogP) is 2.45. The monoisotopic (exact) mass is 282 g/mol. The first-order chi connectivity index (χ1) is 9.13. The highest BCUT2D eigenvalue weighted by molar-refractivity contribution is 6.32. The van der Waals surface area contributed by atoms with E-state index < -0.39 is 0 Å². The van der Waals surface area contributed by atoms with Gasteiger partial charge in [0.15, 0.2) is 0 Å². The zero-order valence-corrected chi connectivity index (χ0v) is 12.0. The summed E-state index contributed by atoms with van der Waals surface area (Å²) in [5.74, 6) is 0.697. The molecule has 1 amide bonds. The molecule has 1 heterocycles. The van der Waals surface area contributed by atoms with Gasteiger partial charge in [-0.25, -0.2) is 0 Å². The summed E-state index contributed by atoms with van der Waals surface area (Å²) in [5.41, 5.74) is 0.781. The molecule has 5 heteroatoms. The predicted molar refractivity (Wildman–Crippen MR) is 77.1 cm³/mol. The molecule has 0 aromatic heterocycles. The molecule has 1 saturated heterocycles. The van der Waals surface area contributed by atoms with Gasteiger partial charge < -0.3 is 15.0 Å². The Kier molecular flexibility index (Phi) is 4.66. The summed E-state index contributed by atoms with van der Waals surface area (Å²) in [6, 6.07) is 5.28. The minimum absolute atomic E-state index is 0.0837. The molecule has 104 valence electrons. The number of piperidine rings is 1. The second-order valence-corrected chi connectivity index (χ2v) is 5.13. The van der Waals surface area contributed by atoms with Gasteiger partial charge in [0, 0.05) is 12.7 Å². The van der Waals surface area contributed by atoms with E-state index in [1.807, 2.05) is 6.07 Å². The highest BCUT2D eigenvalue weighted by Gasteiger charge is 2.24. The van der Waals surface area contributed by atoms with Gasteiger partial charge in [-0.2, -0.15) is 0 Å². The van der Waals surface area contributed by atoms with Crippen LogP contribution in [0.2, 0.25) is 5.02 Å². The van der Waals surface area contributed by atoms with Crippen LogP contribution in [0.1, 0.15) is 19.3 Å². The van der Waals surface area contributed by atoms with Crippen molar-refractivity contribution in [2.45, 2.75) is 25.3 Å². The van der Waals surface area contributed by atoms with Crippen molar-refractivity contribution in [1.29, 1.82) is 0 Å². The van der Waals surface area contributed by atoms with Gasteiger partial charge in [0.1, 0.15) is 5.75 Å². The van der Waals surface area contributed by atoms with Crippen LogP contribution in [0.3, 0.4) is 0 Å². The summed E-state index contributed by atoms with van der Waals surface area (Å²) >= 11 is 6.09. The van der Waals surface area contributed by atoms with Crippen molar-refractivity contribution in [3.05, 3.63) is 23.2 Å². The third-order valence-corrected chi connectivity index (χ3v) is 3.76. The van der Waals surface area contributed by atoms with Gasteiger partial charge in [0.25, 0.3) is 0 Å². The summed E-state index contributed by atoms with van der Waals surface area (Å²) < 4.78 is 5.11. The number of benzene rings is 1. The molecule has 2 rings (SSSR count). The van der Waals surface area contributed by atoms with E-state index in [0.29, 0.717) is 10.8 Å². The summed E-state index contributed by atoms with van der Waals surface area (Å²) in [6.45, 7) is 0.910. The molecular weight excluding hydrogens is 264 g/mol. The van der Waals surface area contributed by atoms with Gasteiger partial charge in [-0.1, -0.05) is 18.0 Å². The molecule has 1 aliphatic heterocycles. The molecule has 0 aliphatic carbocycles. The van der Waals surface area contributed by atoms with E-state index >= 15 is 0 Å². The maximum Gasteiger partial charge on any atom is 0.243 e. The van der Waals surface area contributed by atoms with Crippen molar-refractivity contribution in [3.63, 3.8) is 0 Å². The Bertz CT molecular complexity index is 459. The summed E-state index contributed by atoms with van der Waals surface area (Å²) in [4.78, 5) is 14.0. The van der Waals surface area contributed by atoms with Crippen LogP contribution in [-0.4, -0.2) is 32.7 Å². The van der Waals surface area contributed by atoms with Crippen LogP contribution in [0.15, 0.2) is 18.2 Å². The molecular formula is C14H19ClN2O2. The molecule has 1 aromatic rings. The Morgan fingerprint density at radius 3 is 2.84 bits per heavy atom. The Morgan fingerprint density at radius 1 is 1.47 bits per heavy atom. The number of carbonyl (C=O) groups is 1. The number of nitrogens with one attached hydrogen (secondary N) is 1. The molecule has 1 fully saturated rings. The second kappa shape index (κ2) is 6.26. The van der Waals surface area contributed by atoms with Crippen molar-refractivity contribution in [2.24, 2.45) is 0 Å². The third kappa shape index (κ3) is 3.19. The number of likely N-dealkylation sites (N-methyl/N-ethyl adjacent to an activating group) is 1. The SMILES string of the molecule is COc1ccc(N(C)C(=O)C2CCCCN2)cc1Cl. The maximum atomic E-state index is 12.4. The first-order valence-electron chi connectivity index (χ1n) is 6.48. The fourth-order valence-electron chi connectivity index (χ4n) is 2.29. The average Bonchev–Trinajstić information content (AvgIpc) is 2.46. The topological polar surface area (TPSA) is 41.6 Å². The van der Waals surface area contributed by atoms with Crippen molar-refractivity contribution >= 4 is 23.2 Å². The van der Waals surface area contributed by atoms with Crippen molar-refractivity contribution in [1.82, 2.24) is 5.32 Å². The molecule has 1 N–H and O–H groups in total. The molecule has 1 aromatic carbocycles. The van der Waals surface area contributed by atoms with Crippen LogP contribution in [0.5, 0.6) is 5.75 Å². The zero-order valence-electron chi connectivity index (χ0n) is 11.3. The third-order valence-electron chi connectivity index (χ3n) is 3.46. The first kappa shape index (κ1) is 14.2. The Hall–Kier alpha value is -1.26. The normalized spacial score (nSPS) is 19.0. The fraction of sp³-hybridized carbons (Fsp3) is 0.500. The van der Waals surface area contributed by atoms with Gasteiger partial charge in [0.2, 0.25) is 5.91 Å². The van der Waals surface area contributed by atoms with Gasteiger partial charge in [-0.3, -0.25) is 4.79 Å². The molecule has 0 bridgehead atoms.